The monoisotopic (exact) mass is 384 g/mol. The van der Waals surface area contributed by atoms with Crippen molar-refractivity contribution in [2.75, 3.05) is 26.7 Å². The number of pyridine rings is 1. The van der Waals surface area contributed by atoms with Crippen LogP contribution in [0.3, 0.4) is 0 Å². The third-order valence-electron chi connectivity index (χ3n) is 4.49. The fourth-order valence-electron chi connectivity index (χ4n) is 2.84. The minimum absolute atomic E-state index is 0.0525. The Bertz CT molecular complexity index is 758. The lowest BCUT2D eigenvalue weighted by Gasteiger charge is -2.15. The highest BCUT2D eigenvalue weighted by molar-refractivity contribution is 5.79. The number of aromatic nitrogens is 1. The highest BCUT2D eigenvalue weighted by Gasteiger charge is 2.04. The van der Waals surface area contributed by atoms with E-state index in [2.05, 4.69) is 34.7 Å². The number of rotatable bonds is 11. The fraction of sp³-hybridized carbons (Fsp3) is 0.455. The van der Waals surface area contributed by atoms with E-state index in [1.807, 2.05) is 30.5 Å². The van der Waals surface area contributed by atoms with Crippen molar-refractivity contribution < 1.29 is 4.74 Å². The van der Waals surface area contributed by atoms with Gasteiger partial charge < -0.3 is 19.9 Å². The maximum absolute atomic E-state index is 11.6. The van der Waals surface area contributed by atoms with Crippen LogP contribution in [0, 0.1) is 0 Å². The molecule has 0 bridgehead atoms. The molecule has 152 valence electrons. The number of ether oxygens (including phenoxy) is 1. The number of aliphatic imine (C=N–C) groups is 1. The van der Waals surface area contributed by atoms with E-state index in [4.69, 9.17) is 4.74 Å². The van der Waals surface area contributed by atoms with Gasteiger partial charge in [-0.1, -0.05) is 36.4 Å². The molecule has 6 heteroatoms. The first-order valence-corrected chi connectivity index (χ1v) is 9.97. The Morgan fingerprint density at radius 2 is 1.75 bits per heavy atom. The molecule has 2 rings (SSSR count). The Morgan fingerprint density at radius 1 is 1.04 bits per heavy atom. The minimum atomic E-state index is 0.0525. The summed E-state index contributed by atoms with van der Waals surface area (Å²) in [6, 6.07) is 15.5. The predicted molar refractivity (Wildman–Crippen MR) is 115 cm³/mol. The Morgan fingerprint density at radius 3 is 2.46 bits per heavy atom. The van der Waals surface area contributed by atoms with Crippen molar-refractivity contribution in [1.29, 1.82) is 0 Å². The van der Waals surface area contributed by atoms with Gasteiger partial charge in [0.1, 0.15) is 0 Å². The molecule has 0 aliphatic carbocycles. The molecule has 1 heterocycles. The number of nitrogens with zero attached hydrogens (tertiary/aromatic N) is 2. The van der Waals surface area contributed by atoms with E-state index >= 15 is 0 Å². The van der Waals surface area contributed by atoms with E-state index in [9.17, 15) is 4.79 Å². The summed E-state index contributed by atoms with van der Waals surface area (Å²) >= 11 is 0. The van der Waals surface area contributed by atoms with E-state index in [1.54, 1.807) is 23.7 Å². The topological polar surface area (TPSA) is 67.7 Å². The second-order valence-electron chi connectivity index (χ2n) is 6.64. The molecule has 2 aromatic rings. The van der Waals surface area contributed by atoms with Crippen molar-refractivity contribution in [1.82, 2.24) is 15.2 Å². The van der Waals surface area contributed by atoms with Crippen LogP contribution in [0.5, 0.6) is 0 Å². The van der Waals surface area contributed by atoms with Gasteiger partial charge in [-0.25, -0.2) is 0 Å². The molecule has 0 fully saturated rings. The van der Waals surface area contributed by atoms with Gasteiger partial charge in [-0.05, 0) is 37.8 Å². The Balaban J connectivity index is 1.53. The molecule has 1 unspecified atom stereocenters. The molecule has 0 spiro atoms. The second-order valence-corrected chi connectivity index (χ2v) is 6.64. The minimum Gasteiger partial charge on any atom is -0.374 e. The van der Waals surface area contributed by atoms with Crippen LogP contribution in [-0.2, 0) is 11.3 Å². The Kier molecular flexibility index (Phi) is 9.86. The van der Waals surface area contributed by atoms with Gasteiger partial charge in [0.05, 0.1) is 6.10 Å². The van der Waals surface area contributed by atoms with Crippen LogP contribution in [0.4, 0.5) is 0 Å². The summed E-state index contributed by atoms with van der Waals surface area (Å²) < 4.78 is 7.62. The van der Waals surface area contributed by atoms with Crippen LogP contribution < -0.4 is 16.2 Å². The summed E-state index contributed by atoms with van der Waals surface area (Å²) in [5.74, 6) is 0.799. The molecule has 0 saturated heterocycles. The van der Waals surface area contributed by atoms with Crippen LogP contribution in [0.2, 0.25) is 0 Å². The van der Waals surface area contributed by atoms with Gasteiger partial charge in [0.25, 0.3) is 0 Å². The quantitative estimate of drug-likeness (QED) is 0.355. The highest BCUT2D eigenvalue weighted by Crippen LogP contribution is 2.15. The normalized spacial score (nSPS) is 12.6. The molecule has 2 N–H and O–H groups in total. The zero-order valence-corrected chi connectivity index (χ0v) is 16.9. The van der Waals surface area contributed by atoms with Crippen molar-refractivity contribution in [2.24, 2.45) is 4.99 Å². The molecular weight excluding hydrogens is 352 g/mol. The first kappa shape index (κ1) is 21.7. The average Bonchev–Trinajstić information content (AvgIpc) is 2.73. The van der Waals surface area contributed by atoms with Gasteiger partial charge in [0.2, 0.25) is 5.56 Å². The first-order valence-electron chi connectivity index (χ1n) is 9.97. The van der Waals surface area contributed by atoms with Crippen molar-refractivity contribution in [3.63, 3.8) is 0 Å². The van der Waals surface area contributed by atoms with Crippen LogP contribution in [0.15, 0.2) is 64.5 Å². The molecule has 6 nitrogen and oxygen atoms in total. The van der Waals surface area contributed by atoms with Crippen molar-refractivity contribution in [3.05, 3.63) is 70.6 Å². The van der Waals surface area contributed by atoms with E-state index in [-0.39, 0.29) is 11.7 Å². The summed E-state index contributed by atoms with van der Waals surface area (Å²) in [5, 5.41) is 6.61. The third kappa shape index (κ3) is 7.96. The molecule has 0 amide bonds. The summed E-state index contributed by atoms with van der Waals surface area (Å²) in [6.45, 7) is 5.15. The summed E-state index contributed by atoms with van der Waals surface area (Å²) in [4.78, 5) is 15.9. The van der Waals surface area contributed by atoms with Gasteiger partial charge >= 0.3 is 0 Å². The molecule has 0 aliphatic rings. The van der Waals surface area contributed by atoms with E-state index in [0.717, 1.165) is 44.9 Å². The SMILES string of the molecule is CN=C(NCCCCn1ccccc1=O)NCCCOC(C)c1ccccc1. The molecule has 0 radical (unpaired) electrons. The Hall–Kier alpha value is -2.60. The third-order valence-corrected chi connectivity index (χ3v) is 4.49. The maximum Gasteiger partial charge on any atom is 0.250 e. The van der Waals surface area contributed by atoms with E-state index in [1.165, 1.54) is 5.56 Å². The van der Waals surface area contributed by atoms with Gasteiger partial charge in [-0.2, -0.15) is 0 Å². The van der Waals surface area contributed by atoms with Gasteiger partial charge in [-0.3, -0.25) is 9.79 Å². The lowest BCUT2D eigenvalue weighted by molar-refractivity contribution is 0.0646. The predicted octanol–water partition coefficient (Wildman–Crippen LogP) is 2.96. The smallest absolute Gasteiger partial charge is 0.250 e. The molecule has 0 saturated carbocycles. The molecule has 0 aliphatic heterocycles. The largest absolute Gasteiger partial charge is 0.374 e. The number of aryl methyl sites for hydroxylation is 1. The Labute approximate surface area is 167 Å². The number of hydrogen-bond donors (Lipinski definition) is 2. The summed E-state index contributed by atoms with van der Waals surface area (Å²) in [6.07, 6.45) is 4.76. The fourth-order valence-corrected chi connectivity index (χ4v) is 2.84. The number of nitrogens with one attached hydrogen (secondary N) is 2. The number of guanidine groups is 1. The van der Waals surface area contributed by atoms with Gasteiger partial charge in [-0.15, -0.1) is 0 Å². The van der Waals surface area contributed by atoms with Crippen molar-refractivity contribution >= 4 is 5.96 Å². The summed E-state index contributed by atoms with van der Waals surface area (Å²) in [5.41, 5.74) is 1.25. The van der Waals surface area contributed by atoms with Gasteiger partial charge in [0.15, 0.2) is 5.96 Å². The maximum atomic E-state index is 11.6. The van der Waals surface area contributed by atoms with Crippen LogP contribution in [0.25, 0.3) is 0 Å². The van der Waals surface area contributed by atoms with Crippen molar-refractivity contribution in [3.8, 4) is 0 Å². The average molecular weight is 385 g/mol. The van der Waals surface area contributed by atoms with Gasteiger partial charge in [0, 0.05) is 45.6 Å². The lowest BCUT2D eigenvalue weighted by atomic mass is 10.1. The van der Waals surface area contributed by atoms with Crippen LogP contribution in [0.1, 0.15) is 37.9 Å². The molecular formula is C22H32N4O2. The zero-order chi connectivity index (χ0) is 20.0. The zero-order valence-electron chi connectivity index (χ0n) is 16.9. The number of hydrogen-bond acceptors (Lipinski definition) is 3. The van der Waals surface area contributed by atoms with Crippen LogP contribution in [-0.4, -0.2) is 37.3 Å². The number of unbranched alkanes of at least 4 members (excludes halogenated alkanes) is 1. The van der Waals surface area contributed by atoms with Crippen molar-refractivity contribution in [2.45, 2.75) is 38.8 Å². The molecule has 1 atom stereocenters. The molecule has 1 aromatic heterocycles. The number of benzene rings is 1. The van der Waals surface area contributed by atoms with Crippen LogP contribution >= 0.6 is 0 Å². The summed E-state index contributed by atoms with van der Waals surface area (Å²) in [7, 11) is 1.77. The first-order chi connectivity index (χ1) is 13.7. The second kappa shape index (κ2) is 12.7. The lowest BCUT2D eigenvalue weighted by Crippen LogP contribution is -2.38. The van der Waals surface area contributed by atoms with E-state index < -0.39 is 0 Å². The molecule has 1 aromatic carbocycles. The van der Waals surface area contributed by atoms with E-state index in [0.29, 0.717) is 6.61 Å². The highest BCUT2D eigenvalue weighted by atomic mass is 16.5. The standard InChI is InChI=1S/C22H32N4O2/c1-19(20-11-4-3-5-12-20)28-18-10-15-25-22(23-2)24-14-7-9-17-26-16-8-6-13-21(26)27/h3-6,8,11-13,16,19H,7,9-10,14-15,17-18H2,1-2H3,(H2,23,24,25). The molecule has 28 heavy (non-hydrogen) atoms.